The fraction of sp³-hybridized carbons (Fsp3) is 0.381. The molecule has 4 heterocycles. The molecule has 29 heavy (non-hydrogen) atoms. The molecule has 0 radical (unpaired) electrons. The van der Waals surface area contributed by atoms with Gasteiger partial charge in [-0.2, -0.15) is 0 Å². The lowest BCUT2D eigenvalue weighted by atomic mass is 10.1. The summed E-state index contributed by atoms with van der Waals surface area (Å²) in [6.07, 6.45) is 2.93. The third-order valence-corrected chi connectivity index (χ3v) is 9.20. The molecule has 8 heteroatoms. The maximum absolute atomic E-state index is 13.0. The molecule has 5 rings (SSSR count). The van der Waals surface area contributed by atoms with Crippen LogP contribution in [0.15, 0.2) is 42.0 Å². The quantitative estimate of drug-likeness (QED) is 0.594. The normalized spacial score (nSPS) is 18.3. The lowest BCUT2D eigenvalue weighted by Crippen LogP contribution is -2.49. The summed E-state index contributed by atoms with van der Waals surface area (Å²) >= 11 is 5.66. The number of anilines is 1. The summed E-state index contributed by atoms with van der Waals surface area (Å²) < 4.78 is 0.512. The summed E-state index contributed by atoms with van der Waals surface area (Å²) in [7, 11) is 0. The van der Waals surface area contributed by atoms with Crippen molar-refractivity contribution in [3.05, 3.63) is 53.2 Å². The lowest BCUT2D eigenvalue weighted by Gasteiger charge is -2.35. The minimum atomic E-state index is 0.128. The number of hydrogen-bond donors (Lipinski definition) is 0. The summed E-state index contributed by atoms with van der Waals surface area (Å²) in [4.78, 5) is 27.0. The van der Waals surface area contributed by atoms with E-state index >= 15 is 0 Å². The van der Waals surface area contributed by atoms with E-state index < -0.39 is 0 Å². The van der Waals surface area contributed by atoms with Gasteiger partial charge in [0, 0.05) is 31.7 Å². The predicted octanol–water partition coefficient (Wildman–Crippen LogP) is 4.52. The fourth-order valence-electron chi connectivity index (χ4n) is 3.80. The number of nitrogens with zero attached hydrogens (tertiary/aromatic N) is 4. The first-order chi connectivity index (χ1) is 14.3. The third kappa shape index (κ3) is 3.98. The van der Waals surface area contributed by atoms with Crippen LogP contribution in [-0.2, 0) is 0 Å². The number of hydrogen-bond acceptors (Lipinski definition) is 7. The van der Waals surface area contributed by atoms with Crippen LogP contribution >= 0.6 is 34.9 Å². The molecule has 0 N–H and O–H groups in total. The van der Waals surface area contributed by atoms with Crippen molar-refractivity contribution in [3.63, 3.8) is 0 Å². The number of benzene rings is 1. The Morgan fingerprint density at radius 2 is 1.72 bits per heavy atom. The molecule has 1 aromatic carbocycles. The Hall–Kier alpha value is -1.77. The van der Waals surface area contributed by atoms with Crippen LogP contribution in [0.3, 0.4) is 0 Å². The highest BCUT2D eigenvalue weighted by Gasteiger charge is 2.24. The number of carbonyl (C=O) groups excluding carboxylic acids is 1. The van der Waals surface area contributed by atoms with Crippen molar-refractivity contribution in [2.45, 2.75) is 11.0 Å². The van der Waals surface area contributed by atoms with Gasteiger partial charge in [-0.25, -0.2) is 9.97 Å². The molecule has 150 valence electrons. The molecule has 0 atom stereocenters. The molecule has 0 spiro atoms. The van der Waals surface area contributed by atoms with Crippen molar-refractivity contribution in [1.82, 2.24) is 14.9 Å². The van der Waals surface area contributed by atoms with Gasteiger partial charge in [0.2, 0.25) is 0 Å². The summed E-state index contributed by atoms with van der Waals surface area (Å²) in [6.45, 7) is 3.01. The van der Waals surface area contributed by atoms with Crippen LogP contribution in [0.5, 0.6) is 0 Å². The van der Waals surface area contributed by atoms with E-state index in [0.717, 1.165) is 34.7 Å². The number of piperazine rings is 1. The van der Waals surface area contributed by atoms with E-state index in [4.69, 9.17) is 0 Å². The SMILES string of the molecule is O=C(c1ccc(C2SCCCS2)cc1)N1CCN(c2ncnc3sccc23)CC1. The summed E-state index contributed by atoms with van der Waals surface area (Å²) in [5, 5.41) is 3.16. The molecule has 5 nitrogen and oxygen atoms in total. The Labute approximate surface area is 182 Å². The van der Waals surface area contributed by atoms with Crippen LogP contribution in [0.2, 0.25) is 0 Å². The maximum Gasteiger partial charge on any atom is 0.253 e. The minimum Gasteiger partial charge on any atom is -0.352 e. The monoisotopic (exact) mass is 442 g/mol. The number of thiophene rings is 1. The molecule has 0 unspecified atom stereocenters. The number of amides is 1. The second-order valence-electron chi connectivity index (χ2n) is 7.17. The first kappa shape index (κ1) is 19.2. The van der Waals surface area contributed by atoms with Crippen molar-refractivity contribution in [3.8, 4) is 0 Å². The standard InChI is InChI=1S/C21H22N4OS3/c26-20(15-2-4-16(5-3-15)21-28-11-1-12-29-21)25-9-7-24(8-10-25)18-17-6-13-27-19(17)23-14-22-18/h2-6,13-14,21H,1,7-12H2. The van der Waals surface area contributed by atoms with E-state index in [2.05, 4.69) is 38.4 Å². The van der Waals surface area contributed by atoms with Crippen LogP contribution in [0.25, 0.3) is 10.2 Å². The molecular weight excluding hydrogens is 420 g/mol. The van der Waals surface area contributed by atoms with E-state index in [1.165, 1.54) is 23.5 Å². The maximum atomic E-state index is 13.0. The minimum absolute atomic E-state index is 0.128. The molecule has 0 aliphatic carbocycles. The molecule has 2 aromatic heterocycles. The third-order valence-electron chi connectivity index (χ3n) is 5.36. The number of aromatic nitrogens is 2. The van der Waals surface area contributed by atoms with Gasteiger partial charge in [0.05, 0.1) is 9.97 Å². The van der Waals surface area contributed by atoms with Crippen molar-refractivity contribution in [2.75, 3.05) is 42.6 Å². The Balaban J connectivity index is 1.23. The highest BCUT2D eigenvalue weighted by atomic mass is 32.2. The average molecular weight is 443 g/mol. The van der Waals surface area contributed by atoms with E-state index in [-0.39, 0.29) is 5.91 Å². The van der Waals surface area contributed by atoms with Crippen LogP contribution in [0.1, 0.15) is 26.9 Å². The fourth-order valence-corrected chi connectivity index (χ4v) is 7.42. The summed E-state index contributed by atoms with van der Waals surface area (Å²) in [5.41, 5.74) is 2.11. The van der Waals surface area contributed by atoms with Gasteiger partial charge < -0.3 is 9.80 Å². The Kier molecular flexibility index (Phi) is 5.65. The van der Waals surface area contributed by atoms with Gasteiger partial charge >= 0.3 is 0 Å². The molecular formula is C21H22N4OS3. The molecule has 2 fully saturated rings. The molecule has 2 saturated heterocycles. The first-order valence-electron chi connectivity index (χ1n) is 9.85. The zero-order valence-electron chi connectivity index (χ0n) is 16.0. The van der Waals surface area contributed by atoms with Gasteiger partial charge in [-0.05, 0) is 47.1 Å². The van der Waals surface area contributed by atoms with E-state index in [1.54, 1.807) is 17.7 Å². The summed E-state index contributed by atoms with van der Waals surface area (Å²) in [5.74, 6) is 3.57. The van der Waals surface area contributed by atoms with Crippen molar-refractivity contribution in [1.29, 1.82) is 0 Å². The second-order valence-corrected chi connectivity index (χ2v) is 10.8. The second kappa shape index (κ2) is 8.53. The van der Waals surface area contributed by atoms with Crippen molar-refractivity contribution >= 4 is 56.8 Å². The van der Waals surface area contributed by atoms with Gasteiger partial charge in [-0.3, -0.25) is 4.79 Å². The average Bonchev–Trinajstić information content (AvgIpc) is 3.29. The van der Waals surface area contributed by atoms with Gasteiger partial charge in [0.1, 0.15) is 17.0 Å². The molecule has 0 bridgehead atoms. The van der Waals surface area contributed by atoms with Crippen LogP contribution in [0.4, 0.5) is 5.82 Å². The predicted molar refractivity (Wildman–Crippen MR) is 124 cm³/mol. The van der Waals surface area contributed by atoms with Gasteiger partial charge in [0.15, 0.2) is 0 Å². The number of fused-ring (bicyclic) bond motifs is 1. The first-order valence-corrected chi connectivity index (χ1v) is 12.8. The van der Waals surface area contributed by atoms with Crippen LogP contribution in [0, 0.1) is 0 Å². The topological polar surface area (TPSA) is 49.3 Å². The molecule has 1 amide bonds. The smallest absolute Gasteiger partial charge is 0.253 e. The van der Waals surface area contributed by atoms with Crippen molar-refractivity contribution in [2.24, 2.45) is 0 Å². The zero-order chi connectivity index (χ0) is 19.6. The van der Waals surface area contributed by atoms with Crippen LogP contribution in [-0.4, -0.2) is 58.5 Å². The van der Waals surface area contributed by atoms with E-state index in [1.807, 2.05) is 40.6 Å². The number of thioether (sulfide) groups is 2. The lowest BCUT2D eigenvalue weighted by molar-refractivity contribution is 0.0746. The highest BCUT2D eigenvalue weighted by molar-refractivity contribution is 8.16. The van der Waals surface area contributed by atoms with E-state index in [9.17, 15) is 4.79 Å². The highest BCUT2D eigenvalue weighted by Crippen LogP contribution is 2.43. The molecule has 3 aromatic rings. The van der Waals surface area contributed by atoms with Gasteiger partial charge in [0.25, 0.3) is 5.91 Å². The number of rotatable bonds is 3. The zero-order valence-corrected chi connectivity index (χ0v) is 18.4. The van der Waals surface area contributed by atoms with Gasteiger partial charge in [-0.1, -0.05) is 12.1 Å². The largest absolute Gasteiger partial charge is 0.352 e. The Bertz CT molecular complexity index is 993. The molecule has 2 aliphatic heterocycles. The summed E-state index contributed by atoms with van der Waals surface area (Å²) in [6, 6.07) is 10.3. The van der Waals surface area contributed by atoms with Gasteiger partial charge in [-0.15, -0.1) is 34.9 Å². The molecule has 0 saturated carbocycles. The van der Waals surface area contributed by atoms with E-state index in [0.29, 0.717) is 17.7 Å². The molecule has 2 aliphatic rings. The van der Waals surface area contributed by atoms with Crippen molar-refractivity contribution < 1.29 is 4.79 Å². The van der Waals surface area contributed by atoms with Crippen LogP contribution < -0.4 is 4.90 Å². The Morgan fingerprint density at radius 1 is 0.966 bits per heavy atom. The Morgan fingerprint density at radius 3 is 2.48 bits per heavy atom. The number of carbonyl (C=O) groups is 1.